The minimum Gasteiger partial charge on any atom is -0.493 e. The van der Waals surface area contributed by atoms with Crippen LogP contribution in [0.2, 0.25) is 5.02 Å². The molecule has 5 atom stereocenters. The van der Waals surface area contributed by atoms with Gasteiger partial charge in [-0.2, -0.15) is 0 Å². The predicted octanol–water partition coefficient (Wildman–Crippen LogP) is 7.57. The lowest BCUT2D eigenvalue weighted by molar-refractivity contribution is -0.353. The normalized spacial score (nSPS) is 25.0. The van der Waals surface area contributed by atoms with E-state index >= 15 is 0 Å². The number of hydrogen-bond donors (Lipinski definition) is 1. The molecule has 3 aliphatic rings. The fourth-order valence-electron chi connectivity index (χ4n) is 7.43. The SMILES string of the molecule is OC[C@@]12CO[C@@](c3ccc(Cl)c(Cc4ccc5c(c4)CCO5)c3)(O1)[C@H](OCc1ccccc1)[C@@H](OCc1ccccc1)[C@@H]2OCc1ccccc1. The van der Waals surface area contributed by atoms with Crippen LogP contribution in [0, 0.1) is 0 Å². The van der Waals surface area contributed by atoms with E-state index in [0.29, 0.717) is 24.7 Å². The maximum atomic E-state index is 11.2. The van der Waals surface area contributed by atoms with Crippen molar-refractivity contribution in [3.8, 4) is 5.75 Å². The minimum atomic E-state index is -1.43. The Kier molecular flexibility index (Phi) is 9.95. The van der Waals surface area contributed by atoms with Crippen LogP contribution in [-0.4, -0.2) is 48.8 Å². The molecule has 262 valence electrons. The smallest absolute Gasteiger partial charge is 0.225 e. The highest BCUT2D eigenvalue weighted by molar-refractivity contribution is 6.31. The van der Waals surface area contributed by atoms with Gasteiger partial charge in [-0.05, 0) is 58.0 Å². The molecule has 0 amide bonds. The molecule has 7 nitrogen and oxygen atoms in total. The summed E-state index contributed by atoms with van der Waals surface area (Å²) in [4.78, 5) is 0. The van der Waals surface area contributed by atoms with Crippen LogP contribution in [0.5, 0.6) is 5.75 Å². The van der Waals surface area contributed by atoms with Gasteiger partial charge in [0.15, 0.2) is 0 Å². The molecule has 2 bridgehead atoms. The van der Waals surface area contributed by atoms with Gasteiger partial charge in [0.1, 0.15) is 29.7 Å². The van der Waals surface area contributed by atoms with Crippen molar-refractivity contribution >= 4 is 11.6 Å². The summed E-state index contributed by atoms with van der Waals surface area (Å²) in [6, 6.07) is 42.1. The van der Waals surface area contributed by atoms with E-state index in [1.54, 1.807) is 0 Å². The zero-order valence-electron chi connectivity index (χ0n) is 28.3. The van der Waals surface area contributed by atoms with Crippen molar-refractivity contribution in [1.29, 1.82) is 0 Å². The lowest BCUT2D eigenvalue weighted by atomic mass is 9.83. The Morgan fingerprint density at radius 2 is 1.31 bits per heavy atom. The second kappa shape index (κ2) is 14.9. The van der Waals surface area contributed by atoms with Crippen molar-refractivity contribution in [2.75, 3.05) is 19.8 Å². The first kappa shape index (κ1) is 34.1. The molecule has 5 aromatic carbocycles. The molecule has 8 rings (SSSR count). The van der Waals surface area contributed by atoms with Gasteiger partial charge in [-0.1, -0.05) is 121 Å². The zero-order chi connectivity index (χ0) is 34.7. The van der Waals surface area contributed by atoms with Crippen molar-refractivity contribution in [3.63, 3.8) is 0 Å². The first-order valence-corrected chi connectivity index (χ1v) is 17.9. The van der Waals surface area contributed by atoms with Gasteiger partial charge >= 0.3 is 0 Å². The molecule has 3 heterocycles. The number of halogens is 1. The Morgan fingerprint density at radius 1 is 0.686 bits per heavy atom. The van der Waals surface area contributed by atoms with Crippen LogP contribution in [0.15, 0.2) is 127 Å². The van der Waals surface area contributed by atoms with E-state index in [1.807, 2.05) is 115 Å². The zero-order valence-corrected chi connectivity index (χ0v) is 29.0. The Bertz CT molecular complexity index is 1920. The topological polar surface area (TPSA) is 75.6 Å². The van der Waals surface area contributed by atoms with Gasteiger partial charge in [-0.3, -0.25) is 0 Å². The van der Waals surface area contributed by atoms with Crippen LogP contribution in [0.1, 0.15) is 38.9 Å². The number of rotatable bonds is 13. The average Bonchev–Trinajstić information content (AvgIpc) is 3.80. The third-order valence-corrected chi connectivity index (χ3v) is 10.4. The molecule has 2 fully saturated rings. The fourth-order valence-corrected chi connectivity index (χ4v) is 7.61. The predicted molar refractivity (Wildman–Crippen MR) is 193 cm³/mol. The highest BCUT2D eigenvalue weighted by Crippen LogP contribution is 2.53. The molecule has 0 saturated carbocycles. The van der Waals surface area contributed by atoms with Crippen LogP contribution in [0.4, 0.5) is 0 Å². The molecule has 5 aromatic rings. The minimum absolute atomic E-state index is 0.0716. The molecular formula is C43H41ClO7. The third kappa shape index (κ3) is 6.96. The summed E-state index contributed by atoms with van der Waals surface area (Å²) in [7, 11) is 0. The molecule has 2 saturated heterocycles. The van der Waals surface area contributed by atoms with E-state index in [4.69, 9.17) is 40.0 Å². The monoisotopic (exact) mass is 704 g/mol. The quantitative estimate of drug-likeness (QED) is 0.136. The van der Waals surface area contributed by atoms with Crippen LogP contribution < -0.4 is 4.74 Å². The summed E-state index contributed by atoms with van der Waals surface area (Å²) in [6.45, 7) is 1.29. The highest BCUT2D eigenvalue weighted by Gasteiger charge is 2.69. The van der Waals surface area contributed by atoms with Gasteiger partial charge in [-0.25, -0.2) is 0 Å². The number of benzene rings is 5. The van der Waals surface area contributed by atoms with Crippen molar-refractivity contribution in [2.45, 2.75) is 62.4 Å². The molecule has 0 spiro atoms. The number of fused-ring (bicyclic) bond motifs is 3. The lowest BCUT2D eigenvalue weighted by Crippen LogP contribution is -2.67. The third-order valence-electron chi connectivity index (χ3n) is 10.1. The number of aliphatic hydroxyl groups excluding tert-OH is 1. The van der Waals surface area contributed by atoms with Crippen molar-refractivity contribution < 1.29 is 33.5 Å². The van der Waals surface area contributed by atoms with Crippen molar-refractivity contribution in [1.82, 2.24) is 0 Å². The second-order valence-corrected chi connectivity index (χ2v) is 13.9. The molecule has 0 aliphatic carbocycles. The maximum absolute atomic E-state index is 11.2. The standard InChI is InChI=1S/C43H41ClO7/c44-37-18-17-36(24-35(37)23-33-16-19-38-34(22-33)20-21-46-38)43-41(49-27-32-14-8-3-9-15-32)39(47-25-30-10-4-1-5-11-30)40(42(28-45,51-43)29-50-43)48-26-31-12-6-2-7-13-31/h1-19,22,24,39-41,45H,20-21,23,25-29H2/t39-,40-,41+,42-,43-/m0/s1. The van der Waals surface area contributed by atoms with Crippen molar-refractivity contribution in [2.24, 2.45) is 0 Å². The Labute approximate surface area is 303 Å². The first-order chi connectivity index (χ1) is 25.0. The summed E-state index contributed by atoms with van der Waals surface area (Å²) in [5.74, 6) is -0.492. The number of hydrogen-bond acceptors (Lipinski definition) is 7. The maximum Gasteiger partial charge on any atom is 0.225 e. The number of aliphatic hydroxyl groups is 1. The molecule has 0 aromatic heterocycles. The first-order valence-electron chi connectivity index (χ1n) is 17.5. The number of ether oxygens (including phenoxy) is 6. The van der Waals surface area contributed by atoms with E-state index in [-0.39, 0.29) is 26.4 Å². The molecular weight excluding hydrogens is 664 g/mol. The van der Waals surface area contributed by atoms with Gasteiger partial charge in [0, 0.05) is 17.0 Å². The lowest BCUT2D eigenvalue weighted by Gasteiger charge is -2.50. The Balaban J connectivity index is 1.19. The Morgan fingerprint density at radius 3 is 1.96 bits per heavy atom. The Hall–Kier alpha value is -4.05. The summed E-state index contributed by atoms with van der Waals surface area (Å²) < 4.78 is 40.0. The van der Waals surface area contributed by atoms with Crippen LogP contribution in [0.3, 0.4) is 0 Å². The summed E-state index contributed by atoms with van der Waals surface area (Å²) in [5, 5.41) is 11.8. The summed E-state index contributed by atoms with van der Waals surface area (Å²) in [6.07, 6.45) is -0.729. The molecule has 3 aliphatic heterocycles. The second-order valence-electron chi connectivity index (χ2n) is 13.5. The van der Waals surface area contributed by atoms with Gasteiger partial charge in [0.05, 0.1) is 39.6 Å². The largest absolute Gasteiger partial charge is 0.493 e. The molecule has 0 unspecified atom stereocenters. The van der Waals surface area contributed by atoms with E-state index < -0.39 is 29.7 Å². The van der Waals surface area contributed by atoms with Gasteiger partial charge in [0.25, 0.3) is 0 Å². The van der Waals surface area contributed by atoms with E-state index in [1.165, 1.54) is 5.56 Å². The summed E-state index contributed by atoms with van der Waals surface area (Å²) in [5.41, 5.74) is 5.74. The molecule has 0 radical (unpaired) electrons. The molecule has 51 heavy (non-hydrogen) atoms. The fraction of sp³-hybridized carbons (Fsp3) is 0.302. The van der Waals surface area contributed by atoms with Gasteiger partial charge in [0.2, 0.25) is 5.79 Å². The van der Waals surface area contributed by atoms with E-state index in [0.717, 1.165) is 45.6 Å². The van der Waals surface area contributed by atoms with Gasteiger partial charge in [-0.15, -0.1) is 0 Å². The van der Waals surface area contributed by atoms with Gasteiger partial charge < -0.3 is 33.5 Å². The average molecular weight is 705 g/mol. The molecule has 1 N–H and O–H groups in total. The summed E-state index contributed by atoms with van der Waals surface area (Å²) >= 11 is 6.88. The van der Waals surface area contributed by atoms with E-state index in [2.05, 4.69) is 12.1 Å². The van der Waals surface area contributed by atoms with Crippen LogP contribution in [0.25, 0.3) is 0 Å². The highest BCUT2D eigenvalue weighted by atomic mass is 35.5. The van der Waals surface area contributed by atoms with Crippen molar-refractivity contribution in [3.05, 3.63) is 171 Å². The van der Waals surface area contributed by atoms with Crippen LogP contribution in [-0.2, 0) is 62.1 Å². The molecule has 8 heteroatoms. The van der Waals surface area contributed by atoms with Crippen LogP contribution >= 0.6 is 11.6 Å². The van der Waals surface area contributed by atoms with E-state index in [9.17, 15) is 5.11 Å².